The molecule has 5 nitrogen and oxygen atoms in total. The second-order valence-corrected chi connectivity index (χ2v) is 5.29. The molecule has 1 atom stereocenters. The maximum Gasteiger partial charge on any atom is 0.0898 e. The molecule has 1 saturated heterocycles. The zero-order valence-corrected chi connectivity index (χ0v) is 11.8. The van der Waals surface area contributed by atoms with Gasteiger partial charge in [-0.1, -0.05) is 6.07 Å². The van der Waals surface area contributed by atoms with Crippen LogP contribution in [0.2, 0.25) is 0 Å². The van der Waals surface area contributed by atoms with Crippen LogP contribution in [0.3, 0.4) is 0 Å². The van der Waals surface area contributed by atoms with E-state index < -0.39 is 0 Å². The molecule has 1 fully saturated rings. The molecule has 0 saturated carbocycles. The third-order valence-corrected chi connectivity index (χ3v) is 3.49. The Kier molecular flexibility index (Phi) is 4.08. The monoisotopic (exact) mass is 272 g/mol. The quantitative estimate of drug-likeness (QED) is 0.846. The molecule has 0 N–H and O–H groups in total. The highest BCUT2D eigenvalue weighted by Gasteiger charge is 2.21. The Labute approximate surface area is 119 Å². The number of morpholine rings is 1. The highest BCUT2D eigenvalue weighted by atomic mass is 16.5. The van der Waals surface area contributed by atoms with Gasteiger partial charge in [-0.25, -0.2) is 0 Å². The van der Waals surface area contributed by atoms with E-state index in [1.54, 1.807) is 0 Å². The van der Waals surface area contributed by atoms with Crippen LogP contribution in [0.4, 0.5) is 0 Å². The van der Waals surface area contributed by atoms with Gasteiger partial charge in [0.2, 0.25) is 0 Å². The van der Waals surface area contributed by atoms with Crippen LogP contribution < -0.4 is 0 Å². The molecule has 0 aliphatic carbocycles. The first-order valence-corrected chi connectivity index (χ1v) is 7.02. The number of aromatic nitrogens is 3. The Balaban J connectivity index is 1.56. The average molecular weight is 272 g/mol. The van der Waals surface area contributed by atoms with E-state index in [4.69, 9.17) is 4.74 Å². The third kappa shape index (κ3) is 3.43. The second-order valence-electron chi connectivity index (χ2n) is 5.29. The molecule has 5 heteroatoms. The summed E-state index contributed by atoms with van der Waals surface area (Å²) in [7, 11) is 0. The van der Waals surface area contributed by atoms with Gasteiger partial charge in [-0.15, -0.1) is 0 Å². The smallest absolute Gasteiger partial charge is 0.0898 e. The number of pyridine rings is 1. The number of ether oxygens (including phenoxy) is 1. The molecule has 0 amide bonds. The molecule has 3 heterocycles. The summed E-state index contributed by atoms with van der Waals surface area (Å²) in [6.45, 7) is 6.42. The molecule has 0 aromatic carbocycles. The number of rotatable bonds is 4. The fourth-order valence-corrected chi connectivity index (χ4v) is 2.53. The van der Waals surface area contributed by atoms with Crippen molar-refractivity contribution in [3.8, 4) is 0 Å². The fraction of sp³-hybridized carbons (Fsp3) is 0.467. The first-order valence-electron chi connectivity index (χ1n) is 7.02. The van der Waals surface area contributed by atoms with E-state index in [0.29, 0.717) is 0 Å². The van der Waals surface area contributed by atoms with Crippen LogP contribution >= 0.6 is 0 Å². The lowest BCUT2D eigenvalue weighted by atomic mass is 10.2. The highest BCUT2D eigenvalue weighted by Crippen LogP contribution is 2.10. The van der Waals surface area contributed by atoms with Gasteiger partial charge < -0.3 is 4.74 Å². The number of hydrogen-bond acceptors (Lipinski definition) is 4. The van der Waals surface area contributed by atoms with Crippen LogP contribution in [0.25, 0.3) is 0 Å². The molecular weight excluding hydrogens is 252 g/mol. The van der Waals surface area contributed by atoms with Crippen molar-refractivity contribution in [1.82, 2.24) is 19.7 Å². The Morgan fingerprint density at radius 3 is 3.10 bits per heavy atom. The molecule has 1 unspecified atom stereocenters. The van der Waals surface area contributed by atoms with Crippen LogP contribution in [0.1, 0.15) is 11.3 Å². The number of nitrogens with zero attached hydrogens (tertiary/aromatic N) is 4. The van der Waals surface area contributed by atoms with E-state index in [1.807, 2.05) is 29.2 Å². The first-order chi connectivity index (χ1) is 9.79. The maximum atomic E-state index is 5.84. The van der Waals surface area contributed by atoms with Crippen molar-refractivity contribution >= 4 is 0 Å². The Morgan fingerprint density at radius 1 is 1.40 bits per heavy atom. The summed E-state index contributed by atoms with van der Waals surface area (Å²) in [5.74, 6) is 0. The molecule has 1 aliphatic rings. The van der Waals surface area contributed by atoms with E-state index in [0.717, 1.165) is 38.5 Å². The standard InChI is InChI=1S/C15H20N4O/c1-13-8-17-19(9-13)12-15-11-18(6-7-20-15)10-14-4-2-3-5-16-14/h2-5,8-9,15H,6-7,10-12H2,1H3. The van der Waals surface area contributed by atoms with Gasteiger partial charge in [0.25, 0.3) is 0 Å². The van der Waals surface area contributed by atoms with E-state index in [9.17, 15) is 0 Å². The van der Waals surface area contributed by atoms with E-state index in [2.05, 4.69) is 34.2 Å². The average Bonchev–Trinajstić information content (AvgIpc) is 2.86. The van der Waals surface area contributed by atoms with Gasteiger partial charge in [-0.2, -0.15) is 5.10 Å². The highest BCUT2D eigenvalue weighted by molar-refractivity contribution is 5.03. The zero-order chi connectivity index (χ0) is 13.8. The lowest BCUT2D eigenvalue weighted by molar-refractivity contribution is -0.0405. The summed E-state index contributed by atoms with van der Waals surface area (Å²) in [6, 6.07) is 6.06. The maximum absolute atomic E-state index is 5.84. The van der Waals surface area contributed by atoms with E-state index in [-0.39, 0.29) is 6.10 Å². The molecule has 2 aromatic rings. The summed E-state index contributed by atoms with van der Waals surface area (Å²) in [5, 5.41) is 4.32. The van der Waals surface area contributed by atoms with Gasteiger partial charge >= 0.3 is 0 Å². The Morgan fingerprint density at radius 2 is 2.35 bits per heavy atom. The van der Waals surface area contributed by atoms with E-state index >= 15 is 0 Å². The predicted octanol–water partition coefficient (Wildman–Crippen LogP) is 1.49. The predicted molar refractivity (Wildman–Crippen MR) is 76.2 cm³/mol. The molecule has 0 bridgehead atoms. The molecule has 2 aromatic heterocycles. The lowest BCUT2D eigenvalue weighted by Crippen LogP contribution is -2.43. The Bertz CT molecular complexity index is 540. The largest absolute Gasteiger partial charge is 0.374 e. The van der Waals surface area contributed by atoms with E-state index in [1.165, 1.54) is 5.56 Å². The summed E-state index contributed by atoms with van der Waals surface area (Å²) >= 11 is 0. The van der Waals surface area contributed by atoms with Crippen LogP contribution in [0.15, 0.2) is 36.8 Å². The molecule has 106 valence electrons. The van der Waals surface area contributed by atoms with Gasteiger partial charge in [-0.3, -0.25) is 14.6 Å². The number of aryl methyl sites for hydroxylation is 1. The summed E-state index contributed by atoms with van der Waals surface area (Å²) in [6.07, 6.45) is 5.99. The van der Waals surface area contributed by atoms with Gasteiger partial charge in [0, 0.05) is 32.0 Å². The molecule has 0 spiro atoms. The van der Waals surface area contributed by atoms with Crippen molar-refractivity contribution in [1.29, 1.82) is 0 Å². The summed E-state index contributed by atoms with van der Waals surface area (Å²) < 4.78 is 7.80. The fourth-order valence-electron chi connectivity index (χ4n) is 2.53. The van der Waals surface area contributed by atoms with Gasteiger partial charge in [-0.05, 0) is 24.6 Å². The minimum absolute atomic E-state index is 0.201. The molecule has 0 radical (unpaired) electrons. The van der Waals surface area contributed by atoms with Crippen molar-refractivity contribution in [2.24, 2.45) is 0 Å². The molecular formula is C15H20N4O. The molecule has 3 rings (SSSR count). The van der Waals surface area contributed by atoms with Crippen LogP contribution in [-0.2, 0) is 17.8 Å². The lowest BCUT2D eigenvalue weighted by Gasteiger charge is -2.32. The van der Waals surface area contributed by atoms with Gasteiger partial charge in [0.1, 0.15) is 0 Å². The zero-order valence-electron chi connectivity index (χ0n) is 11.8. The molecule has 1 aliphatic heterocycles. The normalized spacial score (nSPS) is 20.1. The first kappa shape index (κ1) is 13.3. The van der Waals surface area contributed by atoms with Crippen LogP contribution in [0.5, 0.6) is 0 Å². The minimum Gasteiger partial charge on any atom is -0.374 e. The third-order valence-electron chi connectivity index (χ3n) is 3.49. The second kappa shape index (κ2) is 6.15. The summed E-state index contributed by atoms with van der Waals surface area (Å²) in [4.78, 5) is 6.78. The van der Waals surface area contributed by atoms with Crippen molar-refractivity contribution in [3.05, 3.63) is 48.0 Å². The van der Waals surface area contributed by atoms with Crippen molar-refractivity contribution in [2.75, 3.05) is 19.7 Å². The minimum atomic E-state index is 0.201. The van der Waals surface area contributed by atoms with Gasteiger partial charge in [0.05, 0.1) is 31.1 Å². The van der Waals surface area contributed by atoms with Crippen molar-refractivity contribution in [3.63, 3.8) is 0 Å². The van der Waals surface area contributed by atoms with Crippen molar-refractivity contribution < 1.29 is 4.74 Å². The van der Waals surface area contributed by atoms with Crippen LogP contribution in [-0.4, -0.2) is 45.5 Å². The Hall–Kier alpha value is -1.72. The topological polar surface area (TPSA) is 43.2 Å². The number of hydrogen-bond donors (Lipinski definition) is 0. The SMILES string of the molecule is Cc1cnn(CC2CN(Cc3ccccn3)CCO2)c1. The van der Waals surface area contributed by atoms with Gasteiger partial charge in [0.15, 0.2) is 0 Å². The van der Waals surface area contributed by atoms with Crippen LogP contribution in [0, 0.1) is 6.92 Å². The summed E-state index contributed by atoms with van der Waals surface area (Å²) in [5.41, 5.74) is 2.30. The van der Waals surface area contributed by atoms with Crippen molar-refractivity contribution in [2.45, 2.75) is 26.1 Å². The molecule has 20 heavy (non-hydrogen) atoms.